The molecule has 2 atom stereocenters. The fourth-order valence-electron chi connectivity index (χ4n) is 5.08. The number of carbonyl (C=O) groups excluding carboxylic acids is 2. The summed E-state index contributed by atoms with van der Waals surface area (Å²) in [6, 6.07) is 19.7. The fourth-order valence-corrected chi connectivity index (χ4v) is 5.08. The van der Waals surface area contributed by atoms with Gasteiger partial charge in [0, 0.05) is 36.9 Å². The van der Waals surface area contributed by atoms with Gasteiger partial charge in [0.2, 0.25) is 5.91 Å². The maximum atomic E-state index is 13.2. The Kier molecular flexibility index (Phi) is 6.27. The molecule has 1 fully saturated rings. The Balaban J connectivity index is 1.27. The van der Waals surface area contributed by atoms with Crippen molar-refractivity contribution in [2.75, 3.05) is 30.8 Å². The Morgan fingerprint density at radius 3 is 2.46 bits per heavy atom. The van der Waals surface area contributed by atoms with E-state index in [9.17, 15) is 14.4 Å². The van der Waals surface area contributed by atoms with Crippen LogP contribution in [0, 0.1) is 5.92 Å². The number of urea groups is 1. The summed E-state index contributed by atoms with van der Waals surface area (Å²) in [5.74, 6) is 1.16. The van der Waals surface area contributed by atoms with Gasteiger partial charge in [-0.25, -0.2) is 4.79 Å². The lowest BCUT2D eigenvalue weighted by molar-refractivity contribution is -0.133. The number of pyridine rings is 1. The number of methoxy groups -OCH3 is 1. The van der Waals surface area contributed by atoms with Crippen molar-refractivity contribution in [3.63, 3.8) is 0 Å². The Morgan fingerprint density at radius 2 is 1.71 bits per heavy atom. The Bertz CT molecular complexity index is 1290. The van der Waals surface area contributed by atoms with Crippen molar-refractivity contribution in [2.45, 2.75) is 25.3 Å². The van der Waals surface area contributed by atoms with Crippen molar-refractivity contribution in [1.29, 1.82) is 0 Å². The van der Waals surface area contributed by atoms with Crippen LogP contribution in [0.15, 0.2) is 71.5 Å². The van der Waals surface area contributed by atoms with Crippen LogP contribution in [-0.2, 0) is 17.8 Å². The first-order valence-corrected chi connectivity index (χ1v) is 11.8. The second-order valence-electron chi connectivity index (χ2n) is 9.16. The van der Waals surface area contributed by atoms with E-state index in [1.807, 2.05) is 53.4 Å². The zero-order valence-electron chi connectivity index (χ0n) is 19.6. The normalized spacial score (nSPS) is 18.4. The van der Waals surface area contributed by atoms with E-state index in [2.05, 4.69) is 10.6 Å². The average molecular weight is 473 g/mol. The number of likely N-dealkylation sites (tertiary alicyclic amines) is 1. The predicted molar refractivity (Wildman–Crippen MR) is 134 cm³/mol. The first-order valence-electron chi connectivity index (χ1n) is 11.8. The number of nitrogens with zero attached hydrogens (tertiary/aromatic N) is 2. The summed E-state index contributed by atoms with van der Waals surface area (Å²) in [6.07, 6.45) is 1.29. The highest BCUT2D eigenvalue weighted by atomic mass is 16.5. The van der Waals surface area contributed by atoms with Crippen molar-refractivity contribution in [3.05, 3.63) is 88.3 Å². The van der Waals surface area contributed by atoms with Crippen molar-refractivity contribution < 1.29 is 14.3 Å². The molecule has 3 amide bonds. The molecule has 5 rings (SSSR count). The number of rotatable bonds is 5. The largest absolute Gasteiger partial charge is 0.497 e. The van der Waals surface area contributed by atoms with Gasteiger partial charge in [-0.2, -0.15) is 0 Å². The molecular weight excluding hydrogens is 444 g/mol. The van der Waals surface area contributed by atoms with Gasteiger partial charge in [0.15, 0.2) is 0 Å². The first-order chi connectivity index (χ1) is 17.0. The van der Waals surface area contributed by atoms with Gasteiger partial charge in [0.05, 0.1) is 13.5 Å². The highest BCUT2D eigenvalue weighted by molar-refractivity contribution is 5.99. The third kappa shape index (κ3) is 4.91. The molecule has 2 N–H and O–H groups in total. The Morgan fingerprint density at radius 1 is 0.943 bits per heavy atom. The van der Waals surface area contributed by atoms with E-state index in [-0.39, 0.29) is 29.0 Å². The van der Waals surface area contributed by atoms with Gasteiger partial charge in [-0.05, 0) is 54.3 Å². The second kappa shape index (κ2) is 9.66. The fraction of sp³-hybridized carbons (Fsp3) is 0.296. The molecule has 8 nitrogen and oxygen atoms in total. The molecule has 2 aliphatic heterocycles. The molecule has 0 spiro atoms. The van der Waals surface area contributed by atoms with Gasteiger partial charge in [-0.3, -0.25) is 9.59 Å². The highest BCUT2D eigenvalue weighted by Crippen LogP contribution is 2.35. The number of para-hydroxylation sites is 1. The van der Waals surface area contributed by atoms with Crippen molar-refractivity contribution >= 4 is 23.3 Å². The van der Waals surface area contributed by atoms with Gasteiger partial charge in [-0.1, -0.05) is 30.3 Å². The maximum Gasteiger partial charge on any atom is 0.323 e. The molecule has 0 unspecified atom stereocenters. The van der Waals surface area contributed by atoms with Gasteiger partial charge in [0.25, 0.3) is 5.56 Å². The summed E-state index contributed by atoms with van der Waals surface area (Å²) in [5.41, 5.74) is 2.56. The van der Waals surface area contributed by atoms with Crippen LogP contribution in [0.3, 0.4) is 0 Å². The maximum absolute atomic E-state index is 13.2. The summed E-state index contributed by atoms with van der Waals surface area (Å²) in [6.45, 7) is 1.75. The van der Waals surface area contributed by atoms with Crippen molar-refractivity contribution in [1.82, 2.24) is 9.47 Å². The van der Waals surface area contributed by atoms with Crippen molar-refractivity contribution in [3.8, 4) is 5.75 Å². The topological polar surface area (TPSA) is 92.7 Å². The molecule has 3 aromatic rings. The van der Waals surface area contributed by atoms with E-state index in [0.717, 1.165) is 23.4 Å². The SMILES string of the molecule is COc1ccc(CC(=O)N2C[C@@H]3C[C@H](C2)c2ccc(NC(=O)Nc4ccccc4)c(=O)n2C3)cc1. The van der Waals surface area contributed by atoms with Crippen LogP contribution >= 0.6 is 0 Å². The average Bonchev–Trinajstić information content (AvgIpc) is 2.87. The first kappa shape index (κ1) is 22.7. The van der Waals surface area contributed by atoms with Crippen molar-refractivity contribution in [2.24, 2.45) is 5.92 Å². The molecule has 180 valence electrons. The molecule has 2 bridgehead atoms. The second-order valence-corrected chi connectivity index (χ2v) is 9.16. The number of fused-ring (bicyclic) bond motifs is 4. The molecule has 2 aromatic carbocycles. The minimum absolute atomic E-state index is 0.0940. The number of piperidine rings is 1. The van der Waals surface area contributed by atoms with Crippen LogP contribution in [0.2, 0.25) is 0 Å². The van der Waals surface area contributed by atoms with Crippen LogP contribution in [0.5, 0.6) is 5.75 Å². The number of ether oxygens (including phenoxy) is 1. The Hall–Kier alpha value is -4.07. The van der Waals surface area contributed by atoms with Crippen LogP contribution in [0.4, 0.5) is 16.2 Å². The van der Waals surface area contributed by atoms with Crippen LogP contribution in [-0.4, -0.2) is 41.6 Å². The highest BCUT2D eigenvalue weighted by Gasteiger charge is 2.36. The third-order valence-electron chi connectivity index (χ3n) is 6.75. The lowest BCUT2D eigenvalue weighted by Crippen LogP contribution is -2.49. The minimum atomic E-state index is -0.458. The number of nitrogens with one attached hydrogen (secondary N) is 2. The zero-order chi connectivity index (χ0) is 24.4. The number of benzene rings is 2. The van der Waals surface area contributed by atoms with E-state index < -0.39 is 6.03 Å². The minimum Gasteiger partial charge on any atom is -0.497 e. The summed E-state index contributed by atoms with van der Waals surface area (Å²) >= 11 is 0. The van der Waals surface area contributed by atoms with Gasteiger partial charge >= 0.3 is 6.03 Å². The number of anilines is 2. The molecule has 2 aliphatic rings. The summed E-state index contributed by atoms with van der Waals surface area (Å²) < 4.78 is 6.96. The summed E-state index contributed by atoms with van der Waals surface area (Å²) in [7, 11) is 1.62. The van der Waals surface area contributed by atoms with Crippen LogP contribution < -0.4 is 20.9 Å². The number of amides is 3. The molecule has 0 radical (unpaired) electrons. The number of hydrogen-bond acceptors (Lipinski definition) is 4. The number of carbonyl (C=O) groups is 2. The van der Waals surface area contributed by atoms with Gasteiger partial charge in [0.1, 0.15) is 11.4 Å². The third-order valence-corrected chi connectivity index (χ3v) is 6.75. The summed E-state index contributed by atoms with van der Waals surface area (Å²) in [4.78, 5) is 40.5. The van der Waals surface area contributed by atoms with Gasteiger partial charge < -0.3 is 24.8 Å². The Labute approximate surface area is 203 Å². The van der Waals surface area contributed by atoms with E-state index in [1.165, 1.54) is 0 Å². The molecule has 0 aliphatic carbocycles. The van der Waals surface area contributed by atoms with Crippen LogP contribution in [0.1, 0.15) is 23.6 Å². The smallest absolute Gasteiger partial charge is 0.323 e. The molecule has 8 heteroatoms. The van der Waals surface area contributed by atoms with E-state index >= 15 is 0 Å². The number of hydrogen-bond donors (Lipinski definition) is 2. The number of aromatic nitrogens is 1. The van der Waals surface area contributed by atoms with E-state index in [1.54, 1.807) is 29.9 Å². The van der Waals surface area contributed by atoms with Crippen LogP contribution in [0.25, 0.3) is 0 Å². The van der Waals surface area contributed by atoms with Gasteiger partial charge in [-0.15, -0.1) is 0 Å². The zero-order valence-corrected chi connectivity index (χ0v) is 19.6. The lowest BCUT2D eigenvalue weighted by atomic mass is 9.83. The molecule has 35 heavy (non-hydrogen) atoms. The molecular formula is C27H28N4O4. The summed E-state index contributed by atoms with van der Waals surface area (Å²) in [5, 5.41) is 5.41. The lowest BCUT2D eigenvalue weighted by Gasteiger charge is -2.43. The standard InChI is InChI=1S/C27H28N4O4/c1-35-22-9-7-18(8-10-22)14-25(32)30-15-19-13-20(17-30)24-12-11-23(26(33)31(24)16-19)29-27(34)28-21-5-3-2-4-6-21/h2-12,19-20H,13-17H2,1H3,(H2,28,29,34)/t19-,20+/m0/s1. The van der Waals surface area contributed by atoms with E-state index in [0.29, 0.717) is 31.7 Å². The molecule has 3 heterocycles. The molecule has 1 aromatic heterocycles. The molecule has 0 saturated carbocycles. The quantitative estimate of drug-likeness (QED) is 0.592. The predicted octanol–water partition coefficient (Wildman–Crippen LogP) is 3.69. The monoisotopic (exact) mass is 472 g/mol. The molecule has 1 saturated heterocycles. The van der Waals surface area contributed by atoms with E-state index in [4.69, 9.17) is 4.74 Å².